The van der Waals surface area contributed by atoms with Crippen LogP contribution in [0.25, 0.3) is 0 Å². The summed E-state index contributed by atoms with van der Waals surface area (Å²) in [4.78, 5) is 25.4. The number of phosphoric ester groups is 1. The van der Waals surface area contributed by atoms with Gasteiger partial charge in [0.25, 0.3) is 7.82 Å². The lowest BCUT2D eigenvalue weighted by Gasteiger charge is -2.31. The van der Waals surface area contributed by atoms with Crippen LogP contribution in [0.15, 0.2) is 24.3 Å². The second kappa shape index (κ2) is 39.1. The zero-order valence-electron chi connectivity index (χ0n) is 37.9. The first kappa shape index (κ1) is 55.9. The van der Waals surface area contributed by atoms with Crippen molar-refractivity contribution >= 4 is 13.7 Å². The number of carbonyl (C=O) groups is 1. The van der Waals surface area contributed by atoms with Gasteiger partial charge in [-0.1, -0.05) is 186 Å². The van der Waals surface area contributed by atoms with Gasteiger partial charge in [-0.05, 0) is 44.9 Å². The molecule has 4 atom stereocenters. The molecule has 0 bridgehead atoms. The monoisotopic (exact) mass is 829 g/mol. The van der Waals surface area contributed by atoms with Crippen molar-refractivity contribution in [2.75, 3.05) is 40.9 Å². The van der Waals surface area contributed by atoms with Crippen LogP contribution in [0, 0.1) is 0 Å². The van der Waals surface area contributed by atoms with Crippen molar-refractivity contribution in [2.45, 2.75) is 231 Å². The number of rotatable bonds is 43. The molecule has 0 radical (unpaired) electrons. The lowest BCUT2D eigenvalue weighted by molar-refractivity contribution is -0.870. The molecule has 0 saturated carbocycles. The molecule has 0 rings (SSSR count). The number of carbonyl (C=O) groups excluding carboxylic acids is 1. The fourth-order valence-corrected chi connectivity index (χ4v) is 7.65. The molecule has 0 aromatic heterocycles. The molecule has 0 fully saturated rings. The Morgan fingerprint density at radius 3 is 1.51 bits per heavy atom. The number of nitrogens with zero attached hydrogens (tertiary/aromatic N) is 1. The van der Waals surface area contributed by atoms with Crippen LogP contribution in [0.1, 0.15) is 213 Å². The summed E-state index contributed by atoms with van der Waals surface area (Å²) in [6.07, 6.45) is 42.1. The minimum atomic E-state index is -4.66. The second-order valence-corrected chi connectivity index (χ2v) is 19.0. The minimum absolute atomic E-state index is 0.0410. The third kappa shape index (κ3) is 40.1. The molecule has 0 spiro atoms. The van der Waals surface area contributed by atoms with Crippen LogP contribution in [0.2, 0.25) is 0 Å². The van der Waals surface area contributed by atoms with Crippen LogP contribution in [0.5, 0.6) is 0 Å². The van der Waals surface area contributed by atoms with Gasteiger partial charge in [0.2, 0.25) is 5.91 Å². The largest absolute Gasteiger partial charge is 0.756 e. The lowest BCUT2D eigenvalue weighted by Crippen LogP contribution is -2.51. The molecule has 0 heterocycles. The molecular formula is C47H93N2O7P. The van der Waals surface area contributed by atoms with E-state index < -0.39 is 32.7 Å². The number of allylic oxidation sites excluding steroid dienone is 4. The maximum Gasteiger partial charge on any atom is 0.268 e. The number of hydrogen-bond donors (Lipinski definition) is 3. The smallest absolute Gasteiger partial charge is 0.268 e. The van der Waals surface area contributed by atoms with Crippen molar-refractivity contribution in [3.63, 3.8) is 0 Å². The number of likely N-dealkylation sites (N-methyl/N-ethyl adjacent to an activating group) is 1. The standard InChI is InChI=1S/C47H93N2O7P/c1-6-8-10-12-14-16-18-20-21-22-23-24-25-26-27-28-30-32-34-36-38-40-46(51)48-44(43-56-57(53,54)55-42-41-49(3,4)5)47(52)45(50)39-37-35-33-31-29-19-17-15-13-11-9-7-2/h18,20,22-23,44-45,47,50,52H,6-17,19,21,24-43H2,1-5H3,(H-,48,51,53,54)/b20-18-,23-22-. The molecule has 0 aliphatic rings. The summed E-state index contributed by atoms with van der Waals surface area (Å²) in [5, 5.41) is 24.6. The fourth-order valence-electron chi connectivity index (χ4n) is 6.93. The van der Waals surface area contributed by atoms with Gasteiger partial charge in [0, 0.05) is 6.42 Å². The summed E-state index contributed by atoms with van der Waals surface area (Å²) < 4.78 is 23.2. The molecule has 57 heavy (non-hydrogen) atoms. The summed E-state index contributed by atoms with van der Waals surface area (Å²) >= 11 is 0. The molecule has 0 saturated heterocycles. The van der Waals surface area contributed by atoms with Crippen LogP contribution >= 0.6 is 7.82 Å². The predicted octanol–water partition coefficient (Wildman–Crippen LogP) is 11.6. The highest BCUT2D eigenvalue weighted by Gasteiger charge is 2.29. The number of hydrogen-bond acceptors (Lipinski definition) is 7. The first-order valence-corrected chi connectivity index (χ1v) is 25.2. The van der Waals surface area contributed by atoms with Gasteiger partial charge in [-0.25, -0.2) is 0 Å². The van der Waals surface area contributed by atoms with Crippen LogP contribution in [0.4, 0.5) is 0 Å². The van der Waals surface area contributed by atoms with Crippen molar-refractivity contribution in [3.8, 4) is 0 Å². The quantitative estimate of drug-likeness (QED) is 0.0242. The Morgan fingerprint density at radius 1 is 0.632 bits per heavy atom. The maximum atomic E-state index is 12.9. The van der Waals surface area contributed by atoms with Gasteiger partial charge in [-0.2, -0.15) is 0 Å². The molecule has 3 N–H and O–H groups in total. The minimum Gasteiger partial charge on any atom is -0.756 e. The Morgan fingerprint density at radius 2 is 1.05 bits per heavy atom. The average Bonchev–Trinajstić information content (AvgIpc) is 3.16. The zero-order valence-corrected chi connectivity index (χ0v) is 38.8. The molecular weight excluding hydrogens is 735 g/mol. The topological polar surface area (TPSA) is 128 Å². The van der Waals surface area contributed by atoms with Crippen LogP contribution in [0.3, 0.4) is 0 Å². The Hall–Kier alpha value is -1.06. The highest BCUT2D eigenvalue weighted by molar-refractivity contribution is 7.45. The van der Waals surface area contributed by atoms with Crippen molar-refractivity contribution in [3.05, 3.63) is 24.3 Å². The summed E-state index contributed by atoms with van der Waals surface area (Å²) in [6, 6.07) is -1.07. The normalized spacial score (nSPS) is 15.0. The van der Waals surface area contributed by atoms with Crippen LogP contribution in [-0.4, -0.2) is 79.8 Å². The summed E-state index contributed by atoms with van der Waals surface area (Å²) in [6.45, 7) is 4.42. The van der Waals surface area contributed by atoms with Crippen molar-refractivity contribution in [2.24, 2.45) is 0 Å². The van der Waals surface area contributed by atoms with Gasteiger partial charge in [-0.3, -0.25) is 9.36 Å². The summed E-state index contributed by atoms with van der Waals surface area (Å²) in [5.41, 5.74) is 0. The Kier molecular flexibility index (Phi) is 38.4. The third-order valence-electron chi connectivity index (χ3n) is 10.8. The fraction of sp³-hybridized carbons (Fsp3) is 0.894. The second-order valence-electron chi connectivity index (χ2n) is 17.6. The first-order valence-electron chi connectivity index (χ1n) is 23.8. The molecule has 4 unspecified atom stereocenters. The molecule has 0 aromatic carbocycles. The van der Waals surface area contributed by atoms with Crippen molar-refractivity contribution in [1.82, 2.24) is 5.32 Å². The van der Waals surface area contributed by atoms with E-state index in [1.165, 1.54) is 128 Å². The Labute approximate surface area is 352 Å². The summed E-state index contributed by atoms with van der Waals surface area (Å²) in [7, 11) is 1.12. The van der Waals surface area contributed by atoms with Gasteiger partial charge in [0.05, 0.1) is 39.9 Å². The summed E-state index contributed by atoms with van der Waals surface area (Å²) in [5.74, 6) is -0.283. The molecule has 338 valence electrons. The Bertz CT molecular complexity index is 1000. The SMILES string of the molecule is CCCCCCC/C=C\C/C=C\CCCCCCCCCCCC(=O)NC(COP(=O)([O-])OCC[N+](C)(C)C)C(O)C(O)CCCCCCCCCCCCCC. The van der Waals surface area contributed by atoms with E-state index in [4.69, 9.17) is 9.05 Å². The molecule has 0 aliphatic heterocycles. The molecule has 0 aliphatic carbocycles. The van der Waals surface area contributed by atoms with Crippen molar-refractivity contribution in [1.29, 1.82) is 0 Å². The first-order chi connectivity index (χ1) is 27.4. The van der Waals surface area contributed by atoms with E-state index in [-0.39, 0.29) is 18.9 Å². The van der Waals surface area contributed by atoms with Crippen molar-refractivity contribution < 1.29 is 38.0 Å². The van der Waals surface area contributed by atoms with Crippen LogP contribution < -0.4 is 10.2 Å². The lowest BCUT2D eigenvalue weighted by atomic mass is 9.99. The van der Waals surface area contributed by atoms with E-state index in [1.807, 2.05) is 21.1 Å². The van der Waals surface area contributed by atoms with Gasteiger partial charge in [0.15, 0.2) is 0 Å². The Balaban J connectivity index is 4.40. The average molecular weight is 829 g/mol. The number of aliphatic hydroxyl groups is 2. The van der Waals surface area contributed by atoms with Gasteiger partial charge < -0.3 is 34.0 Å². The van der Waals surface area contributed by atoms with Gasteiger partial charge >= 0.3 is 0 Å². The number of aliphatic hydroxyl groups excluding tert-OH is 2. The number of quaternary nitrogens is 1. The molecule has 0 aromatic rings. The van der Waals surface area contributed by atoms with Gasteiger partial charge in [-0.15, -0.1) is 0 Å². The highest BCUT2D eigenvalue weighted by Crippen LogP contribution is 2.38. The zero-order chi connectivity index (χ0) is 42.3. The third-order valence-corrected chi connectivity index (χ3v) is 11.7. The van der Waals surface area contributed by atoms with E-state index in [9.17, 15) is 24.5 Å². The van der Waals surface area contributed by atoms with E-state index in [0.717, 1.165) is 51.4 Å². The number of phosphoric acid groups is 1. The number of nitrogens with one attached hydrogen (secondary N) is 1. The maximum absolute atomic E-state index is 12.9. The molecule has 1 amide bonds. The van der Waals surface area contributed by atoms with Crippen LogP contribution in [-0.2, 0) is 18.4 Å². The number of unbranched alkanes of at least 4 members (excludes halogenated alkanes) is 25. The van der Waals surface area contributed by atoms with Gasteiger partial charge in [0.1, 0.15) is 19.3 Å². The van der Waals surface area contributed by atoms with E-state index in [1.54, 1.807) is 0 Å². The number of amides is 1. The van der Waals surface area contributed by atoms with E-state index in [2.05, 4.69) is 43.5 Å². The molecule has 9 nitrogen and oxygen atoms in total. The van der Waals surface area contributed by atoms with E-state index in [0.29, 0.717) is 23.9 Å². The predicted molar refractivity (Wildman–Crippen MR) is 239 cm³/mol. The highest BCUT2D eigenvalue weighted by atomic mass is 31.2. The van der Waals surface area contributed by atoms with E-state index >= 15 is 0 Å². The molecule has 10 heteroatoms.